The summed E-state index contributed by atoms with van der Waals surface area (Å²) in [5.41, 5.74) is 3.26. The zero-order chi connectivity index (χ0) is 19.3. The number of allylic oxidation sites excluding steroid dienone is 3. The summed E-state index contributed by atoms with van der Waals surface area (Å²) in [6.07, 6.45) is 25.4. The summed E-state index contributed by atoms with van der Waals surface area (Å²) in [6, 6.07) is 0.490. The van der Waals surface area contributed by atoms with E-state index >= 15 is 0 Å². The third-order valence-corrected chi connectivity index (χ3v) is 9.14. The van der Waals surface area contributed by atoms with Gasteiger partial charge in [-0.25, -0.2) is 0 Å². The van der Waals surface area contributed by atoms with Crippen molar-refractivity contribution in [3.63, 3.8) is 0 Å². The highest BCUT2D eigenvalue weighted by Gasteiger charge is 2.34. The molecule has 0 bridgehead atoms. The molecule has 0 radical (unpaired) electrons. The molecule has 0 spiro atoms. The lowest BCUT2D eigenvalue weighted by molar-refractivity contribution is 0.487. The number of rotatable bonds is 9. The van der Waals surface area contributed by atoms with Crippen molar-refractivity contribution in [2.75, 3.05) is 6.54 Å². The highest BCUT2D eigenvalue weighted by Crippen LogP contribution is 2.56. The molecule has 3 heteroatoms. The van der Waals surface area contributed by atoms with Gasteiger partial charge in [0.25, 0.3) is 0 Å². The van der Waals surface area contributed by atoms with Crippen LogP contribution in [0.5, 0.6) is 0 Å². The lowest BCUT2D eigenvalue weighted by Crippen LogP contribution is -2.35. The van der Waals surface area contributed by atoms with Crippen LogP contribution in [0.25, 0.3) is 0 Å². The summed E-state index contributed by atoms with van der Waals surface area (Å²) in [7, 11) is -0.122. The molecule has 1 N–H and O–H groups in total. The van der Waals surface area contributed by atoms with Crippen molar-refractivity contribution in [1.82, 2.24) is 5.32 Å². The van der Waals surface area contributed by atoms with Crippen molar-refractivity contribution in [1.29, 1.82) is 0 Å². The predicted octanol–water partition coefficient (Wildman–Crippen LogP) is 7.40. The van der Waals surface area contributed by atoms with Crippen LogP contribution in [-0.2, 0) is 0 Å². The van der Waals surface area contributed by atoms with E-state index in [4.69, 9.17) is 4.99 Å². The first-order valence-corrected chi connectivity index (χ1v) is 13.1. The minimum Gasteiger partial charge on any atom is -0.368 e. The first-order valence-electron chi connectivity index (χ1n) is 11.6. The van der Waals surface area contributed by atoms with E-state index in [0.29, 0.717) is 6.04 Å². The smallest absolute Gasteiger partial charge is 0.120 e. The van der Waals surface area contributed by atoms with Crippen molar-refractivity contribution in [2.45, 2.75) is 115 Å². The molecule has 2 saturated carbocycles. The second-order valence-corrected chi connectivity index (χ2v) is 11.2. The van der Waals surface area contributed by atoms with Crippen LogP contribution < -0.4 is 5.32 Å². The maximum absolute atomic E-state index is 5.19. The molecule has 27 heavy (non-hydrogen) atoms. The Hall–Kier alpha value is -0.620. The van der Waals surface area contributed by atoms with Gasteiger partial charge in [-0.15, -0.1) is 0 Å². The van der Waals surface area contributed by atoms with Crippen molar-refractivity contribution in [2.24, 2.45) is 4.99 Å². The average molecular weight is 391 g/mol. The molecule has 0 aromatic heterocycles. The minimum atomic E-state index is -0.122. The quantitative estimate of drug-likeness (QED) is 0.143. The molecule has 0 amide bonds. The van der Waals surface area contributed by atoms with Crippen LogP contribution in [0, 0.1) is 0 Å². The third kappa shape index (κ3) is 8.51. The van der Waals surface area contributed by atoms with Gasteiger partial charge in [-0.2, -0.15) is 0 Å². The molecule has 0 heterocycles. The summed E-state index contributed by atoms with van der Waals surface area (Å²) in [4.78, 5) is 5.19. The summed E-state index contributed by atoms with van der Waals surface area (Å²) in [5.74, 6) is 0. The molecule has 0 unspecified atom stereocenters. The van der Waals surface area contributed by atoms with Crippen LogP contribution in [0.3, 0.4) is 0 Å². The van der Waals surface area contributed by atoms with E-state index in [-0.39, 0.29) is 7.92 Å². The molecule has 0 aliphatic heterocycles. The predicted molar refractivity (Wildman–Crippen MR) is 124 cm³/mol. The van der Waals surface area contributed by atoms with Crippen molar-refractivity contribution in [3.8, 4) is 0 Å². The monoisotopic (exact) mass is 390 g/mol. The Labute approximate surface area is 170 Å². The summed E-state index contributed by atoms with van der Waals surface area (Å²) >= 11 is 0. The van der Waals surface area contributed by atoms with Crippen LogP contribution in [-0.4, -0.2) is 29.5 Å². The summed E-state index contributed by atoms with van der Waals surface area (Å²) in [5, 5.41) is 3.83. The standard InChI is InChI=1S/C24H43N2P/c1-4-5-6-7-8-15-20-25-24(26-21(2)3)27(22-16-11-9-12-17-22)23-18-13-10-14-19-23/h5-8,21-23H,4,9-20H2,1-3H3,(H,25,26)/b6-5-,8-7-. The normalized spacial score (nSPS) is 21.1. The maximum atomic E-state index is 5.19. The van der Waals surface area contributed by atoms with Gasteiger partial charge in [-0.05, 0) is 71.6 Å². The average Bonchev–Trinajstić information content (AvgIpc) is 2.68. The largest absolute Gasteiger partial charge is 0.368 e. The van der Waals surface area contributed by atoms with Crippen molar-refractivity contribution in [3.05, 3.63) is 24.3 Å². The van der Waals surface area contributed by atoms with Gasteiger partial charge < -0.3 is 5.32 Å². The van der Waals surface area contributed by atoms with Gasteiger partial charge in [0.05, 0.1) is 0 Å². The van der Waals surface area contributed by atoms with Gasteiger partial charge in [0.2, 0.25) is 0 Å². The Morgan fingerprint density at radius 3 is 2.00 bits per heavy atom. The molecular weight excluding hydrogens is 347 g/mol. The van der Waals surface area contributed by atoms with Gasteiger partial charge in [0.1, 0.15) is 5.58 Å². The Kier molecular flexibility index (Phi) is 11.4. The molecule has 2 fully saturated rings. The molecule has 2 aliphatic carbocycles. The topological polar surface area (TPSA) is 24.4 Å². The van der Waals surface area contributed by atoms with Crippen LogP contribution in [0.15, 0.2) is 29.3 Å². The van der Waals surface area contributed by atoms with Crippen LogP contribution in [0.2, 0.25) is 0 Å². The van der Waals surface area contributed by atoms with E-state index in [0.717, 1.165) is 30.7 Å². The number of nitrogens with zero attached hydrogens (tertiary/aromatic N) is 1. The zero-order valence-corrected chi connectivity index (χ0v) is 19.0. The van der Waals surface area contributed by atoms with Gasteiger partial charge >= 0.3 is 0 Å². The second kappa shape index (κ2) is 13.5. The fourth-order valence-corrected chi connectivity index (χ4v) is 8.26. The lowest BCUT2D eigenvalue weighted by Gasteiger charge is -2.39. The summed E-state index contributed by atoms with van der Waals surface area (Å²) < 4.78 is 0. The highest BCUT2D eigenvalue weighted by atomic mass is 31.1. The fraction of sp³-hybridized carbons (Fsp3) is 0.792. The van der Waals surface area contributed by atoms with E-state index in [1.807, 2.05) is 0 Å². The van der Waals surface area contributed by atoms with Crippen LogP contribution >= 0.6 is 7.92 Å². The number of hydrogen-bond acceptors (Lipinski definition) is 1. The van der Waals surface area contributed by atoms with E-state index < -0.39 is 0 Å². The molecule has 0 atom stereocenters. The molecule has 0 saturated heterocycles. The highest BCUT2D eigenvalue weighted by molar-refractivity contribution is 7.76. The second-order valence-electron chi connectivity index (χ2n) is 8.55. The van der Waals surface area contributed by atoms with Gasteiger partial charge in [-0.1, -0.05) is 69.8 Å². The van der Waals surface area contributed by atoms with Gasteiger partial charge in [0.15, 0.2) is 0 Å². The van der Waals surface area contributed by atoms with Crippen molar-refractivity contribution < 1.29 is 0 Å². The third-order valence-electron chi connectivity index (χ3n) is 5.77. The zero-order valence-electron chi connectivity index (χ0n) is 18.1. The Morgan fingerprint density at radius 2 is 1.48 bits per heavy atom. The molecule has 2 nitrogen and oxygen atoms in total. The molecule has 2 rings (SSSR count). The van der Waals surface area contributed by atoms with Crippen LogP contribution in [0.1, 0.15) is 97.8 Å². The van der Waals surface area contributed by atoms with E-state index in [1.165, 1.54) is 69.8 Å². The van der Waals surface area contributed by atoms with Gasteiger partial charge in [0, 0.05) is 12.6 Å². The van der Waals surface area contributed by atoms with E-state index in [2.05, 4.69) is 50.4 Å². The molecule has 154 valence electrons. The number of nitrogens with one attached hydrogen (secondary N) is 1. The number of hydrogen-bond donors (Lipinski definition) is 1. The first kappa shape index (κ1) is 22.7. The SMILES string of the molecule is CC/C=C\C=C/CCN=C(NC(C)C)P(C1CCCCC1)C1CCCCC1. The summed E-state index contributed by atoms with van der Waals surface area (Å²) in [6.45, 7) is 7.67. The van der Waals surface area contributed by atoms with Crippen LogP contribution in [0.4, 0.5) is 0 Å². The fourth-order valence-electron chi connectivity index (χ4n) is 4.46. The first-order chi connectivity index (χ1) is 13.2. The molecule has 2 aliphatic rings. The molecule has 0 aromatic carbocycles. The Bertz CT molecular complexity index is 451. The Morgan fingerprint density at radius 1 is 0.926 bits per heavy atom. The van der Waals surface area contributed by atoms with Crippen molar-refractivity contribution >= 4 is 13.5 Å². The van der Waals surface area contributed by atoms with E-state index in [1.54, 1.807) is 0 Å². The molecular formula is C24H43N2P. The number of amidine groups is 1. The van der Waals surface area contributed by atoms with E-state index in [9.17, 15) is 0 Å². The van der Waals surface area contributed by atoms with Gasteiger partial charge in [-0.3, -0.25) is 4.99 Å². The lowest BCUT2D eigenvalue weighted by atomic mass is 9.99. The maximum Gasteiger partial charge on any atom is 0.120 e. The number of aliphatic imine (C=N–C) groups is 1. The molecule has 0 aromatic rings. The minimum absolute atomic E-state index is 0.122. The Balaban J connectivity index is 2.09.